The van der Waals surface area contributed by atoms with Gasteiger partial charge in [-0.25, -0.2) is 8.78 Å². The van der Waals surface area contributed by atoms with Crippen LogP contribution in [0.1, 0.15) is 22.5 Å². The number of carbonyl (C=O) groups excluding carboxylic acids is 1. The molecule has 2 aromatic rings. The number of hydrogen-bond acceptors (Lipinski definition) is 4. The highest BCUT2D eigenvalue weighted by Crippen LogP contribution is 2.34. The Morgan fingerprint density at radius 3 is 2.96 bits per heavy atom. The number of likely N-dealkylation sites (tertiary alicyclic amines) is 1. The van der Waals surface area contributed by atoms with Crippen molar-refractivity contribution in [3.05, 3.63) is 48.0 Å². The van der Waals surface area contributed by atoms with Crippen molar-refractivity contribution in [3.8, 4) is 0 Å². The topological polar surface area (TPSA) is 60.2 Å². The van der Waals surface area contributed by atoms with Gasteiger partial charge in [0.05, 0.1) is 19.1 Å². The molecule has 2 aromatic heterocycles. The van der Waals surface area contributed by atoms with E-state index in [1.165, 1.54) is 9.58 Å². The SMILES string of the molecule is Cn1ccc(C(=O)N2CCC(F)(F)C(COCc3cccnc3)C2)n1. The van der Waals surface area contributed by atoms with Crippen molar-refractivity contribution in [2.75, 3.05) is 19.7 Å². The largest absolute Gasteiger partial charge is 0.376 e. The maximum absolute atomic E-state index is 14.2. The molecule has 8 heteroatoms. The second-order valence-electron chi connectivity index (χ2n) is 6.21. The Bertz CT molecular complexity index is 720. The Labute approximate surface area is 144 Å². The van der Waals surface area contributed by atoms with E-state index in [0.29, 0.717) is 0 Å². The summed E-state index contributed by atoms with van der Waals surface area (Å²) in [6.07, 6.45) is 4.56. The van der Waals surface area contributed by atoms with E-state index in [9.17, 15) is 13.6 Å². The van der Waals surface area contributed by atoms with Gasteiger partial charge in [-0.15, -0.1) is 0 Å². The van der Waals surface area contributed by atoms with E-state index in [1.54, 1.807) is 37.8 Å². The molecule has 0 saturated carbocycles. The number of nitrogens with zero attached hydrogens (tertiary/aromatic N) is 4. The molecule has 1 saturated heterocycles. The van der Waals surface area contributed by atoms with E-state index >= 15 is 0 Å². The van der Waals surface area contributed by atoms with Gasteiger partial charge in [0.15, 0.2) is 0 Å². The third-order valence-electron chi connectivity index (χ3n) is 4.28. The molecule has 1 aliphatic heterocycles. The van der Waals surface area contributed by atoms with E-state index in [-0.39, 0.29) is 44.3 Å². The highest BCUT2D eigenvalue weighted by Gasteiger charge is 2.45. The minimum absolute atomic E-state index is 0.0154. The van der Waals surface area contributed by atoms with Gasteiger partial charge in [0, 0.05) is 45.1 Å². The molecular weight excluding hydrogens is 330 g/mol. The average Bonchev–Trinajstić information content (AvgIpc) is 3.03. The van der Waals surface area contributed by atoms with Gasteiger partial charge in [-0.3, -0.25) is 14.5 Å². The minimum Gasteiger partial charge on any atom is -0.376 e. The summed E-state index contributed by atoms with van der Waals surface area (Å²) in [6.45, 7) is 0.0689. The van der Waals surface area contributed by atoms with Gasteiger partial charge in [0.1, 0.15) is 5.69 Å². The fraction of sp³-hybridized carbons (Fsp3) is 0.471. The maximum Gasteiger partial charge on any atom is 0.274 e. The molecule has 1 aliphatic rings. The molecule has 0 aromatic carbocycles. The maximum atomic E-state index is 14.2. The van der Waals surface area contributed by atoms with Gasteiger partial charge in [0.25, 0.3) is 11.8 Å². The number of halogens is 2. The van der Waals surface area contributed by atoms with Gasteiger partial charge in [-0.1, -0.05) is 6.07 Å². The van der Waals surface area contributed by atoms with Crippen LogP contribution in [0, 0.1) is 5.92 Å². The number of amides is 1. The molecule has 0 bridgehead atoms. The molecule has 0 aliphatic carbocycles. The Hall–Kier alpha value is -2.35. The number of aryl methyl sites for hydroxylation is 1. The van der Waals surface area contributed by atoms with Crippen LogP contribution in [0.3, 0.4) is 0 Å². The molecule has 1 atom stereocenters. The fourth-order valence-corrected chi connectivity index (χ4v) is 2.83. The highest BCUT2D eigenvalue weighted by atomic mass is 19.3. The monoisotopic (exact) mass is 350 g/mol. The van der Waals surface area contributed by atoms with Crippen molar-refractivity contribution in [1.82, 2.24) is 19.7 Å². The zero-order valence-electron chi connectivity index (χ0n) is 13.9. The summed E-state index contributed by atoms with van der Waals surface area (Å²) < 4.78 is 35.3. The van der Waals surface area contributed by atoms with Crippen molar-refractivity contribution in [2.45, 2.75) is 19.0 Å². The zero-order chi connectivity index (χ0) is 17.9. The molecule has 0 spiro atoms. The molecule has 0 radical (unpaired) electrons. The van der Waals surface area contributed by atoms with Crippen molar-refractivity contribution in [2.24, 2.45) is 13.0 Å². The van der Waals surface area contributed by atoms with Crippen LogP contribution >= 0.6 is 0 Å². The van der Waals surface area contributed by atoms with Crippen molar-refractivity contribution >= 4 is 5.91 Å². The second-order valence-corrected chi connectivity index (χ2v) is 6.21. The summed E-state index contributed by atoms with van der Waals surface area (Å²) in [5.74, 6) is -4.21. The normalized spacial score (nSPS) is 19.8. The zero-order valence-corrected chi connectivity index (χ0v) is 13.9. The van der Waals surface area contributed by atoms with Crippen LogP contribution in [0.15, 0.2) is 36.8 Å². The highest BCUT2D eigenvalue weighted by molar-refractivity contribution is 5.92. The smallest absolute Gasteiger partial charge is 0.274 e. The van der Waals surface area contributed by atoms with Crippen LogP contribution in [0.4, 0.5) is 8.78 Å². The van der Waals surface area contributed by atoms with Crippen molar-refractivity contribution in [1.29, 1.82) is 0 Å². The van der Waals surface area contributed by atoms with Crippen LogP contribution in [-0.2, 0) is 18.4 Å². The van der Waals surface area contributed by atoms with E-state index in [0.717, 1.165) is 5.56 Å². The molecule has 1 fully saturated rings. The van der Waals surface area contributed by atoms with E-state index in [4.69, 9.17) is 4.74 Å². The third kappa shape index (κ3) is 4.19. The molecule has 134 valence electrons. The van der Waals surface area contributed by atoms with Gasteiger partial charge in [-0.2, -0.15) is 5.10 Å². The lowest BCUT2D eigenvalue weighted by atomic mass is 9.94. The first-order valence-electron chi connectivity index (χ1n) is 8.09. The number of pyridine rings is 1. The lowest BCUT2D eigenvalue weighted by molar-refractivity contribution is -0.124. The molecule has 1 amide bonds. The van der Waals surface area contributed by atoms with E-state index in [2.05, 4.69) is 10.1 Å². The van der Waals surface area contributed by atoms with Gasteiger partial charge in [0.2, 0.25) is 0 Å². The van der Waals surface area contributed by atoms with Gasteiger partial charge < -0.3 is 9.64 Å². The van der Waals surface area contributed by atoms with E-state index < -0.39 is 11.8 Å². The standard InChI is InChI=1S/C17H20F2N4O2/c1-22-7-4-15(21-22)16(24)23-8-5-17(18,19)14(10-23)12-25-11-13-3-2-6-20-9-13/h2-4,6-7,9,14H,5,8,10-12H2,1H3. The average molecular weight is 350 g/mol. The summed E-state index contributed by atoms with van der Waals surface area (Å²) in [5.41, 5.74) is 1.09. The molecule has 3 heterocycles. The van der Waals surface area contributed by atoms with Crippen molar-refractivity contribution in [3.63, 3.8) is 0 Å². The van der Waals surface area contributed by atoms with Crippen molar-refractivity contribution < 1.29 is 18.3 Å². The number of hydrogen-bond donors (Lipinski definition) is 0. The van der Waals surface area contributed by atoms with Crippen LogP contribution in [-0.4, -0.2) is 51.2 Å². The summed E-state index contributed by atoms with van der Waals surface area (Å²) in [7, 11) is 1.70. The van der Waals surface area contributed by atoms with Crippen LogP contribution in [0.25, 0.3) is 0 Å². The lowest BCUT2D eigenvalue weighted by Gasteiger charge is -2.38. The summed E-state index contributed by atoms with van der Waals surface area (Å²) in [6, 6.07) is 5.17. The van der Waals surface area contributed by atoms with Crippen LogP contribution in [0.2, 0.25) is 0 Å². The quantitative estimate of drug-likeness (QED) is 0.829. The second kappa shape index (κ2) is 7.26. The fourth-order valence-electron chi connectivity index (χ4n) is 2.83. The number of piperidine rings is 1. The number of ether oxygens (including phenoxy) is 1. The number of aromatic nitrogens is 3. The Balaban J connectivity index is 1.60. The lowest BCUT2D eigenvalue weighted by Crippen LogP contribution is -2.51. The first kappa shape index (κ1) is 17.5. The van der Waals surface area contributed by atoms with Crippen LogP contribution in [0.5, 0.6) is 0 Å². The summed E-state index contributed by atoms with van der Waals surface area (Å²) >= 11 is 0. The Kier molecular flexibility index (Phi) is 5.08. The van der Waals surface area contributed by atoms with Gasteiger partial charge >= 0.3 is 0 Å². The molecule has 1 unspecified atom stereocenters. The molecular formula is C17H20F2N4O2. The number of alkyl halides is 2. The Morgan fingerprint density at radius 2 is 2.28 bits per heavy atom. The van der Waals surface area contributed by atoms with Crippen LogP contribution < -0.4 is 0 Å². The third-order valence-corrected chi connectivity index (χ3v) is 4.28. The first-order chi connectivity index (χ1) is 12.0. The summed E-state index contributed by atoms with van der Waals surface area (Å²) in [5, 5.41) is 4.05. The summed E-state index contributed by atoms with van der Waals surface area (Å²) in [4.78, 5) is 17.8. The minimum atomic E-state index is -2.85. The van der Waals surface area contributed by atoms with E-state index in [1.807, 2.05) is 6.07 Å². The number of rotatable bonds is 5. The predicted molar refractivity (Wildman–Crippen MR) is 86.1 cm³/mol. The molecule has 25 heavy (non-hydrogen) atoms. The molecule has 0 N–H and O–H groups in total. The molecule has 3 rings (SSSR count). The predicted octanol–water partition coefficient (Wildman–Crippen LogP) is 2.13. The molecule has 6 nitrogen and oxygen atoms in total. The van der Waals surface area contributed by atoms with Gasteiger partial charge in [-0.05, 0) is 17.7 Å². The Morgan fingerprint density at radius 1 is 1.44 bits per heavy atom. The number of carbonyl (C=O) groups is 1. The first-order valence-corrected chi connectivity index (χ1v) is 8.09.